The molecule has 0 saturated carbocycles. The summed E-state index contributed by atoms with van der Waals surface area (Å²) in [6.45, 7) is 1.46. The molecule has 2 aromatic carbocycles. The smallest absolute Gasteiger partial charge is 0.337 e. The molecule has 0 aliphatic heterocycles. The van der Waals surface area contributed by atoms with Crippen LogP contribution in [0.25, 0.3) is 0 Å². The van der Waals surface area contributed by atoms with E-state index in [0.29, 0.717) is 17.0 Å². The monoisotopic (exact) mass is 440 g/mol. The largest absolute Gasteiger partial charge is 0.495 e. The van der Waals surface area contributed by atoms with Crippen molar-refractivity contribution >= 4 is 44.9 Å². The number of hydrogen-bond acceptors (Lipinski definition) is 6. The van der Waals surface area contributed by atoms with Crippen LogP contribution in [0.5, 0.6) is 5.75 Å². The molecule has 0 aromatic heterocycles. The van der Waals surface area contributed by atoms with E-state index < -0.39 is 27.9 Å². The van der Waals surface area contributed by atoms with E-state index in [2.05, 4.69) is 10.1 Å². The van der Waals surface area contributed by atoms with Gasteiger partial charge in [-0.2, -0.15) is 0 Å². The summed E-state index contributed by atoms with van der Waals surface area (Å²) in [6.07, 6.45) is 1.00. The number of carbonyl (C=O) groups excluding carboxylic acids is 2. The second-order valence-electron chi connectivity index (χ2n) is 6.11. The minimum atomic E-state index is -3.80. The molecule has 0 heterocycles. The lowest BCUT2D eigenvalue weighted by Crippen LogP contribution is -2.45. The van der Waals surface area contributed by atoms with E-state index >= 15 is 0 Å². The second-order valence-corrected chi connectivity index (χ2v) is 8.38. The van der Waals surface area contributed by atoms with E-state index in [1.807, 2.05) is 0 Å². The molecule has 0 spiro atoms. The van der Waals surface area contributed by atoms with E-state index in [4.69, 9.17) is 16.3 Å². The number of halogens is 1. The van der Waals surface area contributed by atoms with Crippen molar-refractivity contribution in [1.29, 1.82) is 0 Å². The van der Waals surface area contributed by atoms with E-state index in [0.717, 1.165) is 10.6 Å². The lowest BCUT2D eigenvalue weighted by Gasteiger charge is -2.28. The van der Waals surface area contributed by atoms with Gasteiger partial charge in [0, 0.05) is 5.69 Å². The number of carbonyl (C=O) groups is 2. The van der Waals surface area contributed by atoms with Crippen molar-refractivity contribution in [2.45, 2.75) is 13.0 Å². The highest BCUT2D eigenvalue weighted by Crippen LogP contribution is 2.31. The highest BCUT2D eigenvalue weighted by atomic mass is 35.5. The fourth-order valence-electron chi connectivity index (χ4n) is 2.66. The average Bonchev–Trinajstić information content (AvgIpc) is 2.67. The molecule has 0 unspecified atom stereocenters. The number of ether oxygens (including phenoxy) is 2. The van der Waals surface area contributed by atoms with Crippen LogP contribution >= 0.6 is 11.6 Å². The number of nitrogens with zero attached hydrogens (tertiary/aromatic N) is 1. The highest BCUT2D eigenvalue weighted by Gasteiger charge is 2.29. The van der Waals surface area contributed by atoms with Gasteiger partial charge >= 0.3 is 5.97 Å². The van der Waals surface area contributed by atoms with Crippen LogP contribution in [0.15, 0.2) is 42.5 Å². The summed E-state index contributed by atoms with van der Waals surface area (Å²) in [5, 5.41) is 2.84. The van der Waals surface area contributed by atoms with Gasteiger partial charge in [-0.25, -0.2) is 13.2 Å². The zero-order valence-electron chi connectivity index (χ0n) is 16.3. The number of hydrogen-bond donors (Lipinski definition) is 1. The molecular weight excluding hydrogens is 420 g/mol. The summed E-state index contributed by atoms with van der Waals surface area (Å²) < 4.78 is 35.4. The number of sulfonamides is 1. The number of amides is 1. The first-order valence-corrected chi connectivity index (χ1v) is 10.6. The summed E-state index contributed by atoms with van der Waals surface area (Å²) in [5.41, 5.74) is 0.946. The Morgan fingerprint density at radius 2 is 1.72 bits per heavy atom. The Morgan fingerprint density at radius 3 is 2.21 bits per heavy atom. The molecule has 0 aliphatic carbocycles. The first-order valence-electron chi connectivity index (χ1n) is 8.40. The van der Waals surface area contributed by atoms with Gasteiger partial charge in [0.1, 0.15) is 11.8 Å². The van der Waals surface area contributed by atoms with E-state index in [-0.39, 0.29) is 10.7 Å². The summed E-state index contributed by atoms with van der Waals surface area (Å²) in [5.74, 6) is -0.685. The van der Waals surface area contributed by atoms with Gasteiger partial charge in [-0.05, 0) is 49.4 Å². The van der Waals surface area contributed by atoms with Crippen LogP contribution in [-0.4, -0.2) is 46.8 Å². The van der Waals surface area contributed by atoms with Crippen molar-refractivity contribution in [2.75, 3.05) is 30.1 Å². The number of rotatable bonds is 7. The Hall–Kier alpha value is -2.78. The minimum Gasteiger partial charge on any atom is -0.495 e. The molecule has 1 atom stereocenters. The third-order valence-electron chi connectivity index (χ3n) is 4.05. The SMILES string of the molecule is COC(=O)c1ccc(NC(=O)[C@@H](C)N(c2ccc(OC)c(Cl)c2)S(C)(=O)=O)cc1. The number of methoxy groups -OCH3 is 2. The molecule has 0 saturated heterocycles. The Morgan fingerprint density at radius 1 is 1.10 bits per heavy atom. The predicted octanol–water partition coefficient (Wildman–Crippen LogP) is 2.93. The lowest BCUT2D eigenvalue weighted by molar-refractivity contribution is -0.116. The molecule has 1 N–H and O–H groups in total. The van der Waals surface area contributed by atoms with Crippen molar-refractivity contribution < 1.29 is 27.5 Å². The highest BCUT2D eigenvalue weighted by molar-refractivity contribution is 7.92. The lowest BCUT2D eigenvalue weighted by atomic mass is 10.2. The quantitative estimate of drug-likeness (QED) is 0.664. The molecule has 10 heteroatoms. The second kappa shape index (κ2) is 9.15. The minimum absolute atomic E-state index is 0.213. The Bertz CT molecular complexity index is 1010. The van der Waals surface area contributed by atoms with Gasteiger partial charge in [-0.15, -0.1) is 0 Å². The van der Waals surface area contributed by atoms with Gasteiger partial charge in [-0.3, -0.25) is 9.10 Å². The molecule has 0 aliphatic rings. The third-order valence-corrected chi connectivity index (χ3v) is 5.59. The molecule has 8 nitrogen and oxygen atoms in total. The maximum absolute atomic E-state index is 12.7. The number of anilines is 2. The van der Waals surface area contributed by atoms with Crippen molar-refractivity contribution in [3.8, 4) is 5.75 Å². The van der Waals surface area contributed by atoms with Crippen molar-refractivity contribution in [2.24, 2.45) is 0 Å². The zero-order valence-corrected chi connectivity index (χ0v) is 17.9. The van der Waals surface area contributed by atoms with Gasteiger partial charge in [0.15, 0.2) is 0 Å². The number of benzene rings is 2. The molecular formula is C19H21ClN2O6S. The molecule has 0 radical (unpaired) electrons. The topological polar surface area (TPSA) is 102 Å². The summed E-state index contributed by atoms with van der Waals surface area (Å²) in [4.78, 5) is 24.2. The summed E-state index contributed by atoms with van der Waals surface area (Å²) in [7, 11) is -1.09. The van der Waals surface area contributed by atoms with Crippen LogP contribution in [0.4, 0.5) is 11.4 Å². The Balaban J connectivity index is 2.27. The van der Waals surface area contributed by atoms with Crippen LogP contribution < -0.4 is 14.4 Å². The first-order chi connectivity index (χ1) is 13.6. The Labute approximate surface area is 174 Å². The average molecular weight is 441 g/mol. The van der Waals surface area contributed by atoms with Crippen molar-refractivity contribution in [1.82, 2.24) is 0 Å². The molecule has 156 valence electrons. The normalized spacial score (nSPS) is 12.0. The maximum atomic E-state index is 12.7. The fraction of sp³-hybridized carbons (Fsp3) is 0.263. The van der Waals surface area contributed by atoms with E-state index in [9.17, 15) is 18.0 Å². The van der Waals surface area contributed by atoms with E-state index in [1.54, 1.807) is 0 Å². The van der Waals surface area contributed by atoms with Gasteiger partial charge in [0.2, 0.25) is 15.9 Å². The Kier molecular flexibility index (Phi) is 7.10. The van der Waals surface area contributed by atoms with Crippen LogP contribution in [0.2, 0.25) is 5.02 Å². The standard InChI is InChI=1S/C19H21ClN2O6S/c1-12(18(23)21-14-7-5-13(6-8-14)19(24)28-3)22(29(4,25)26)15-9-10-17(27-2)16(20)11-15/h5-12H,1-4H3,(H,21,23)/t12-/m1/s1. The summed E-state index contributed by atoms with van der Waals surface area (Å²) >= 11 is 6.11. The summed E-state index contributed by atoms with van der Waals surface area (Å²) in [6, 6.07) is 9.38. The maximum Gasteiger partial charge on any atom is 0.337 e. The van der Waals surface area contributed by atoms with Gasteiger partial charge in [0.05, 0.1) is 36.7 Å². The predicted molar refractivity (Wildman–Crippen MR) is 111 cm³/mol. The zero-order chi connectivity index (χ0) is 21.8. The van der Waals surface area contributed by atoms with Crippen LogP contribution in [-0.2, 0) is 19.6 Å². The molecule has 2 aromatic rings. The molecule has 0 bridgehead atoms. The van der Waals surface area contributed by atoms with Crippen molar-refractivity contribution in [3.05, 3.63) is 53.1 Å². The molecule has 0 fully saturated rings. The van der Waals surface area contributed by atoms with Crippen LogP contribution in [0.3, 0.4) is 0 Å². The van der Waals surface area contributed by atoms with Gasteiger partial charge < -0.3 is 14.8 Å². The first kappa shape index (κ1) is 22.5. The molecule has 29 heavy (non-hydrogen) atoms. The number of esters is 1. The van der Waals surface area contributed by atoms with Gasteiger partial charge in [-0.1, -0.05) is 11.6 Å². The molecule has 1 amide bonds. The van der Waals surface area contributed by atoms with Gasteiger partial charge in [0.25, 0.3) is 0 Å². The molecule has 2 rings (SSSR count). The fourth-order valence-corrected chi connectivity index (χ4v) is 4.07. The van der Waals surface area contributed by atoms with Crippen molar-refractivity contribution in [3.63, 3.8) is 0 Å². The third kappa shape index (κ3) is 5.39. The van der Waals surface area contributed by atoms with Crippen LogP contribution in [0, 0.1) is 0 Å². The van der Waals surface area contributed by atoms with E-state index in [1.165, 1.54) is 63.6 Å². The van der Waals surface area contributed by atoms with Crippen LogP contribution in [0.1, 0.15) is 17.3 Å². The number of nitrogens with one attached hydrogen (secondary N) is 1.